The zero-order valence-corrected chi connectivity index (χ0v) is 13.6. The van der Waals surface area contributed by atoms with Gasteiger partial charge in [-0.3, -0.25) is 0 Å². The van der Waals surface area contributed by atoms with Crippen LogP contribution in [0.15, 0.2) is 18.2 Å². The summed E-state index contributed by atoms with van der Waals surface area (Å²) in [5, 5.41) is 6.72. The molecule has 1 heterocycles. The minimum atomic E-state index is -2.93. The fourth-order valence-electron chi connectivity index (χ4n) is 2.36. The smallest absolute Gasteiger partial charge is 0.171 e. The molecule has 0 spiro atoms. The third-order valence-corrected chi connectivity index (χ3v) is 5.79. The molecule has 0 saturated carbocycles. The molecule has 0 unspecified atom stereocenters. The van der Waals surface area contributed by atoms with E-state index in [1.165, 1.54) is 11.1 Å². The summed E-state index contributed by atoms with van der Waals surface area (Å²) in [5.74, 6) is 0.359. The molecular weight excluding hydrogens is 292 g/mol. The minimum absolute atomic E-state index is 0.134. The van der Waals surface area contributed by atoms with Crippen molar-refractivity contribution in [1.29, 1.82) is 0 Å². The number of thiocarbonyl (C=S) groups is 1. The maximum atomic E-state index is 11.6. The van der Waals surface area contributed by atoms with Gasteiger partial charge in [0, 0.05) is 5.69 Å². The highest BCUT2D eigenvalue weighted by Gasteiger charge is 2.38. The van der Waals surface area contributed by atoms with E-state index >= 15 is 0 Å². The number of nitrogens with one attached hydrogen (secondary N) is 2. The molecule has 1 aromatic carbocycles. The highest BCUT2D eigenvalue weighted by atomic mass is 32.2. The first kappa shape index (κ1) is 15.3. The second-order valence-electron chi connectivity index (χ2n) is 5.78. The lowest BCUT2D eigenvalue weighted by Gasteiger charge is -2.26. The van der Waals surface area contributed by atoms with Crippen molar-refractivity contribution < 1.29 is 8.42 Å². The van der Waals surface area contributed by atoms with Crippen LogP contribution in [0.25, 0.3) is 0 Å². The third-order valence-electron chi connectivity index (χ3n) is 3.68. The maximum Gasteiger partial charge on any atom is 0.171 e. The van der Waals surface area contributed by atoms with Gasteiger partial charge in [0.05, 0.1) is 17.0 Å². The molecule has 2 rings (SSSR count). The van der Waals surface area contributed by atoms with E-state index < -0.39 is 15.4 Å². The van der Waals surface area contributed by atoms with Crippen LogP contribution in [-0.2, 0) is 9.84 Å². The Morgan fingerprint density at radius 2 is 2.00 bits per heavy atom. The molecule has 20 heavy (non-hydrogen) atoms. The van der Waals surface area contributed by atoms with Crippen molar-refractivity contribution in [2.24, 2.45) is 0 Å². The second-order valence-corrected chi connectivity index (χ2v) is 8.37. The Kier molecular flexibility index (Phi) is 4.07. The Morgan fingerprint density at radius 1 is 1.30 bits per heavy atom. The number of anilines is 1. The molecule has 0 amide bonds. The molecule has 1 aliphatic heterocycles. The third kappa shape index (κ3) is 3.70. The Balaban J connectivity index is 2.01. The van der Waals surface area contributed by atoms with Gasteiger partial charge in [-0.15, -0.1) is 0 Å². The predicted molar refractivity (Wildman–Crippen MR) is 86.9 cm³/mol. The first-order valence-electron chi connectivity index (χ1n) is 6.56. The number of benzene rings is 1. The molecule has 1 saturated heterocycles. The largest absolute Gasteiger partial charge is 0.356 e. The van der Waals surface area contributed by atoms with E-state index in [-0.39, 0.29) is 11.5 Å². The van der Waals surface area contributed by atoms with Gasteiger partial charge in [0.15, 0.2) is 14.9 Å². The molecule has 0 radical (unpaired) electrons. The summed E-state index contributed by atoms with van der Waals surface area (Å²) < 4.78 is 23.1. The predicted octanol–water partition coefficient (Wildman–Crippen LogP) is 2.17. The van der Waals surface area contributed by atoms with Crippen molar-refractivity contribution in [3.8, 4) is 0 Å². The minimum Gasteiger partial charge on any atom is -0.356 e. The Morgan fingerprint density at radius 3 is 2.55 bits per heavy atom. The van der Waals surface area contributed by atoms with Gasteiger partial charge in [0.2, 0.25) is 0 Å². The Hall–Kier alpha value is -1.14. The second kappa shape index (κ2) is 5.33. The van der Waals surface area contributed by atoms with E-state index in [0.29, 0.717) is 11.5 Å². The van der Waals surface area contributed by atoms with Crippen molar-refractivity contribution in [3.63, 3.8) is 0 Å². The van der Waals surface area contributed by atoms with Crippen LogP contribution in [0.5, 0.6) is 0 Å². The normalized spacial score (nSPS) is 24.4. The number of hydrogen-bond donors (Lipinski definition) is 2. The molecule has 1 aromatic rings. The van der Waals surface area contributed by atoms with E-state index in [1.807, 2.05) is 32.0 Å². The summed E-state index contributed by atoms with van der Waals surface area (Å²) >= 11 is 5.28. The van der Waals surface area contributed by atoms with Crippen LogP contribution in [0.1, 0.15) is 24.5 Å². The van der Waals surface area contributed by atoms with Gasteiger partial charge in [0.25, 0.3) is 0 Å². The number of aryl methyl sites for hydroxylation is 2. The van der Waals surface area contributed by atoms with Crippen molar-refractivity contribution in [3.05, 3.63) is 29.3 Å². The highest BCUT2D eigenvalue weighted by molar-refractivity contribution is 7.91. The lowest BCUT2D eigenvalue weighted by atomic mass is 10.0. The van der Waals surface area contributed by atoms with Crippen LogP contribution >= 0.6 is 12.2 Å². The van der Waals surface area contributed by atoms with E-state index in [1.54, 1.807) is 0 Å². The number of rotatable bonds is 2. The van der Waals surface area contributed by atoms with Crippen LogP contribution in [-0.4, -0.2) is 30.6 Å². The summed E-state index contributed by atoms with van der Waals surface area (Å²) in [5.41, 5.74) is 2.86. The summed E-state index contributed by atoms with van der Waals surface area (Å²) in [7, 11) is -2.93. The summed E-state index contributed by atoms with van der Waals surface area (Å²) in [4.78, 5) is 0. The molecule has 0 aromatic heterocycles. The summed E-state index contributed by atoms with van der Waals surface area (Å²) in [6.07, 6.45) is 0.587. The number of sulfone groups is 1. The average Bonchev–Trinajstić information content (AvgIpc) is 2.57. The van der Waals surface area contributed by atoms with E-state index in [4.69, 9.17) is 12.2 Å². The molecule has 1 aliphatic rings. The fourth-order valence-corrected chi connectivity index (χ4v) is 4.82. The lowest BCUT2D eigenvalue weighted by molar-refractivity contribution is 0.474. The first-order chi connectivity index (χ1) is 9.19. The van der Waals surface area contributed by atoms with Crippen LogP contribution < -0.4 is 10.6 Å². The summed E-state index contributed by atoms with van der Waals surface area (Å²) in [6, 6.07) is 6.02. The Bertz CT molecular complexity index is 641. The average molecular weight is 312 g/mol. The topological polar surface area (TPSA) is 58.2 Å². The van der Waals surface area contributed by atoms with E-state index in [0.717, 1.165) is 5.69 Å². The molecule has 2 N–H and O–H groups in total. The molecule has 0 bridgehead atoms. The molecule has 110 valence electrons. The van der Waals surface area contributed by atoms with Crippen LogP contribution in [0.2, 0.25) is 0 Å². The molecule has 6 heteroatoms. The van der Waals surface area contributed by atoms with Crippen molar-refractivity contribution in [2.75, 3.05) is 16.8 Å². The first-order valence-corrected chi connectivity index (χ1v) is 8.79. The van der Waals surface area contributed by atoms with Crippen molar-refractivity contribution >= 4 is 32.9 Å². The van der Waals surface area contributed by atoms with Gasteiger partial charge >= 0.3 is 0 Å². The highest BCUT2D eigenvalue weighted by Crippen LogP contribution is 2.23. The van der Waals surface area contributed by atoms with Gasteiger partial charge in [-0.1, -0.05) is 6.07 Å². The SMILES string of the molecule is Cc1ccc(NC(=S)N[C@@]2(C)CCS(=O)(=O)C2)cc1C. The lowest BCUT2D eigenvalue weighted by Crippen LogP contribution is -2.48. The van der Waals surface area contributed by atoms with E-state index in [9.17, 15) is 8.42 Å². The van der Waals surface area contributed by atoms with Gasteiger partial charge in [0.1, 0.15) is 0 Å². The van der Waals surface area contributed by atoms with Gasteiger partial charge in [-0.25, -0.2) is 8.42 Å². The standard InChI is InChI=1S/C14H20N2O2S2/c1-10-4-5-12(8-11(10)2)15-13(19)16-14(3)6-7-20(17,18)9-14/h4-5,8H,6-7,9H2,1-3H3,(H2,15,16,19)/t14-/m0/s1. The molecule has 1 atom stereocenters. The fraction of sp³-hybridized carbons (Fsp3) is 0.500. The number of hydrogen-bond acceptors (Lipinski definition) is 3. The maximum absolute atomic E-state index is 11.6. The quantitative estimate of drug-likeness (QED) is 0.820. The molecule has 4 nitrogen and oxygen atoms in total. The molecule has 0 aliphatic carbocycles. The zero-order valence-electron chi connectivity index (χ0n) is 12.0. The zero-order chi connectivity index (χ0) is 15.0. The monoisotopic (exact) mass is 312 g/mol. The van der Waals surface area contributed by atoms with Crippen LogP contribution in [0, 0.1) is 13.8 Å². The molecular formula is C14H20N2O2S2. The van der Waals surface area contributed by atoms with Crippen molar-refractivity contribution in [1.82, 2.24) is 5.32 Å². The van der Waals surface area contributed by atoms with E-state index in [2.05, 4.69) is 17.6 Å². The summed E-state index contributed by atoms with van der Waals surface area (Å²) in [6.45, 7) is 5.99. The van der Waals surface area contributed by atoms with Crippen LogP contribution in [0.3, 0.4) is 0 Å². The van der Waals surface area contributed by atoms with Gasteiger partial charge in [-0.2, -0.15) is 0 Å². The Labute approximate surface area is 125 Å². The van der Waals surface area contributed by atoms with Gasteiger partial charge < -0.3 is 10.6 Å². The van der Waals surface area contributed by atoms with Gasteiger partial charge in [-0.05, 0) is 62.7 Å². The van der Waals surface area contributed by atoms with Crippen LogP contribution in [0.4, 0.5) is 5.69 Å². The molecule has 1 fully saturated rings. The van der Waals surface area contributed by atoms with Crippen molar-refractivity contribution in [2.45, 2.75) is 32.7 Å².